The van der Waals surface area contributed by atoms with Gasteiger partial charge in [-0.1, -0.05) is 0 Å². The highest BCUT2D eigenvalue weighted by Gasteiger charge is 1.99. The molecule has 0 bridgehead atoms. The third-order valence-corrected chi connectivity index (χ3v) is 1.81. The van der Waals surface area contributed by atoms with E-state index >= 15 is 0 Å². The van der Waals surface area contributed by atoms with Gasteiger partial charge in [-0.25, -0.2) is 9.67 Å². The average molecular weight is 202 g/mol. The van der Waals surface area contributed by atoms with Gasteiger partial charge in [-0.05, 0) is 18.2 Å². The van der Waals surface area contributed by atoms with Crippen LogP contribution in [0.15, 0.2) is 36.8 Å². The Balaban J connectivity index is 2.21. The number of nitrogens with one attached hydrogen (secondary N) is 1. The van der Waals surface area contributed by atoms with Crippen LogP contribution in [0.3, 0.4) is 0 Å². The highest BCUT2D eigenvalue weighted by molar-refractivity contribution is 5.88. The first-order chi connectivity index (χ1) is 7.25. The molecular formula is C10H10N4O. The van der Waals surface area contributed by atoms with Crippen LogP contribution in [0.4, 0.5) is 5.69 Å². The molecule has 0 aliphatic carbocycles. The van der Waals surface area contributed by atoms with Crippen molar-refractivity contribution in [3.8, 4) is 5.82 Å². The highest BCUT2D eigenvalue weighted by Crippen LogP contribution is 2.08. The van der Waals surface area contributed by atoms with Gasteiger partial charge in [0.05, 0.1) is 11.9 Å². The van der Waals surface area contributed by atoms with Crippen LogP contribution in [0.2, 0.25) is 0 Å². The maximum atomic E-state index is 10.8. The van der Waals surface area contributed by atoms with Crippen molar-refractivity contribution in [3.05, 3.63) is 36.8 Å². The topological polar surface area (TPSA) is 59.8 Å². The molecular weight excluding hydrogens is 192 g/mol. The van der Waals surface area contributed by atoms with E-state index in [1.807, 2.05) is 6.07 Å². The molecule has 0 saturated carbocycles. The fourth-order valence-corrected chi connectivity index (χ4v) is 1.20. The van der Waals surface area contributed by atoms with E-state index in [-0.39, 0.29) is 5.91 Å². The van der Waals surface area contributed by atoms with Crippen molar-refractivity contribution in [2.24, 2.45) is 0 Å². The number of rotatable bonds is 2. The summed E-state index contributed by atoms with van der Waals surface area (Å²) in [5, 5.41) is 6.69. The van der Waals surface area contributed by atoms with E-state index < -0.39 is 0 Å². The molecule has 0 spiro atoms. The van der Waals surface area contributed by atoms with E-state index in [2.05, 4.69) is 15.4 Å². The van der Waals surface area contributed by atoms with Crippen LogP contribution in [-0.4, -0.2) is 20.7 Å². The summed E-state index contributed by atoms with van der Waals surface area (Å²) in [6.45, 7) is 1.46. The molecule has 0 aliphatic rings. The highest BCUT2D eigenvalue weighted by atomic mass is 16.1. The van der Waals surface area contributed by atoms with Crippen LogP contribution in [0.5, 0.6) is 0 Å². The van der Waals surface area contributed by atoms with Crippen LogP contribution in [0, 0.1) is 0 Å². The molecule has 76 valence electrons. The lowest BCUT2D eigenvalue weighted by atomic mass is 10.4. The number of hydrogen-bond acceptors (Lipinski definition) is 3. The molecule has 2 aromatic rings. The van der Waals surface area contributed by atoms with Gasteiger partial charge in [0, 0.05) is 19.3 Å². The molecule has 0 aliphatic heterocycles. The lowest BCUT2D eigenvalue weighted by molar-refractivity contribution is -0.114. The van der Waals surface area contributed by atoms with Crippen molar-refractivity contribution in [2.75, 3.05) is 5.32 Å². The van der Waals surface area contributed by atoms with Gasteiger partial charge in [-0.2, -0.15) is 5.10 Å². The van der Waals surface area contributed by atoms with E-state index in [1.54, 1.807) is 35.4 Å². The zero-order valence-corrected chi connectivity index (χ0v) is 8.21. The number of aromatic nitrogens is 3. The van der Waals surface area contributed by atoms with Crippen molar-refractivity contribution in [1.29, 1.82) is 0 Å². The van der Waals surface area contributed by atoms with Crippen LogP contribution in [0.25, 0.3) is 5.82 Å². The average Bonchev–Trinajstić information content (AvgIpc) is 2.71. The predicted octanol–water partition coefficient (Wildman–Crippen LogP) is 1.23. The van der Waals surface area contributed by atoms with Gasteiger partial charge in [0.2, 0.25) is 5.91 Å². The van der Waals surface area contributed by atoms with Crippen LogP contribution in [0.1, 0.15) is 6.92 Å². The number of carbonyl (C=O) groups excluding carboxylic acids is 1. The lowest BCUT2D eigenvalue weighted by Crippen LogP contribution is -2.06. The van der Waals surface area contributed by atoms with Gasteiger partial charge in [0.25, 0.3) is 0 Å². The van der Waals surface area contributed by atoms with Gasteiger partial charge >= 0.3 is 0 Å². The third kappa shape index (κ3) is 2.19. The molecule has 0 fully saturated rings. The summed E-state index contributed by atoms with van der Waals surface area (Å²) in [5.41, 5.74) is 0.679. The van der Waals surface area contributed by atoms with Gasteiger partial charge in [0.1, 0.15) is 0 Å². The monoisotopic (exact) mass is 202 g/mol. The summed E-state index contributed by atoms with van der Waals surface area (Å²) >= 11 is 0. The first kappa shape index (κ1) is 9.39. The molecule has 2 rings (SSSR count). The Morgan fingerprint density at radius 1 is 1.47 bits per heavy atom. The van der Waals surface area contributed by atoms with Crippen molar-refractivity contribution >= 4 is 11.6 Å². The number of amides is 1. The van der Waals surface area contributed by atoms with E-state index in [4.69, 9.17) is 0 Å². The summed E-state index contributed by atoms with van der Waals surface area (Å²) in [6, 6.07) is 5.40. The first-order valence-electron chi connectivity index (χ1n) is 4.49. The Kier molecular flexibility index (Phi) is 2.45. The Morgan fingerprint density at radius 2 is 2.33 bits per heavy atom. The zero-order chi connectivity index (χ0) is 10.7. The minimum absolute atomic E-state index is 0.108. The van der Waals surface area contributed by atoms with Crippen molar-refractivity contribution < 1.29 is 4.79 Å². The van der Waals surface area contributed by atoms with Gasteiger partial charge in [-0.15, -0.1) is 0 Å². The molecule has 0 atom stereocenters. The van der Waals surface area contributed by atoms with Crippen LogP contribution >= 0.6 is 0 Å². The standard InChI is InChI=1S/C10H10N4O/c1-8(15)13-9-3-4-10(11-7-9)14-6-2-5-12-14/h2-7H,1H3,(H,13,15). The summed E-state index contributed by atoms with van der Waals surface area (Å²) < 4.78 is 1.65. The fourth-order valence-electron chi connectivity index (χ4n) is 1.20. The maximum absolute atomic E-state index is 10.8. The molecule has 5 heteroatoms. The minimum atomic E-state index is -0.108. The molecule has 1 N–H and O–H groups in total. The SMILES string of the molecule is CC(=O)Nc1ccc(-n2cccn2)nc1. The Labute approximate surface area is 86.8 Å². The van der Waals surface area contributed by atoms with Gasteiger partial charge in [-0.3, -0.25) is 4.79 Å². The number of nitrogens with zero attached hydrogens (tertiary/aromatic N) is 3. The van der Waals surface area contributed by atoms with E-state index in [9.17, 15) is 4.79 Å². The lowest BCUT2D eigenvalue weighted by Gasteiger charge is -2.03. The second-order valence-electron chi connectivity index (χ2n) is 3.04. The Bertz CT molecular complexity index is 447. The molecule has 5 nitrogen and oxygen atoms in total. The molecule has 0 saturated heterocycles. The molecule has 2 aromatic heterocycles. The zero-order valence-electron chi connectivity index (χ0n) is 8.21. The number of carbonyl (C=O) groups is 1. The largest absolute Gasteiger partial charge is 0.325 e. The van der Waals surface area contributed by atoms with Gasteiger partial charge in [0.15, 0.2) is 5.82 Å². The van der Waals surface area contributed by atoms with Crippen molar-refractivity contribution in [1.82, 2.24) is 14.8 Å². The molecule has 0 unspecified atom stereocenters. The maximum Gasteiger partial charge on any atom is 0.221 e. The summed E-state index contributed by atoms with van der Waals surface area (Å²) in [6.07, 6.45) is 5.09. The minimum Gasteiger partial charge on any atom is -0.325 e. The summed E-state index contributed by atoms with van der Waals surface area (Å²) in [5.74, 6) is 0.609. The third-order valence-electron chi connectivity index (χ3n) is 1.81. The smallest absolute Gasteiger partial charge is 0.221 e. The van der Waals surface area contributed by atoms with Crippen molar-refractivity contribution in [3.63, 3.8) is 0 Å². The summed E-state index contributed by atoms with van der Waals surface area (Å²) in [7, 11) is 0. The van der Waals surface area contributed by atoms with Crippen molar-refractivity contribution in [2.45, 2.75) is 6.92 Å². The van der Waals surface area contributed by atoms with Crippen LogP contribution in [-0.2, 0) is 4.79 Å². The van der Waals surface area contributed by atoms with E-state index in [0.29, 0.717) is 11.5 Å². The molecule has 0 radical (unpaired) electrons. The second-order valence-corrected chi connectivity index (χ2v) is 3.04. The van der Waals surface area contributed by atoms with Crippen LogP contribution < -0.4 is 5.32 Å². The quantitative estimate of drug-likeness (QED) is 0.796. The number of anilines is 1. The number of hydrogen-bond donors (Lipinski definition) is 1. The fraction of sp³-hybridized carbons (Fsp3) is 0.100. The van der Waals surface area contributed by atoms with Gasteiger partial charge < -0.3 is 5.32 Å². The second kappa shape index (κ2) is 3.91. The normalized spacial score (nSPS) is 9.93. The van der Waals surface area contributed by atoms with E-state index in [1.165, 1.54) is 6.92 Å². The molecule has 0 aromatic carbocycles. The molecule has 2 heterocycles. The Hall–Kier alpha value is -2.17. The van der Waals surface area contributed by atoms with E-state index in [0.717, 1.165) is 0 Å². The summed E-state index contributed by atoms with van der Waals surface area (Å²) in [4.78, 5) is 14.9. The molecule has 15 heavy (non-hydrogen) atoms. The predicted molar refractivity (Wildman–Crippen MR) is 55.7 cm³/mol. The molecule has 1 amide bonds. The first-order valence-corrected chi connectivity index (χ1v) is 4.49. The Morgan fingerprint density at radius 3 is 2.87 bits per heavy atom. The number of pyridine rings is 1.